The van der Waals surface area contributed by atoms with Crippen LogP contribution in [0.3, 0.4) is 0 Å². The van der Waals surface area contributed by atoms with Crippen molar-refractivity contribution in [3.63, 3.8) is 0 Å². The highest BCUT2D eigenvalue weighted by atomic mass is 16.5. The van der Waals surface area contributed by atoms with Crippen molar-refractivity contribution in [2.24, 2.45) is 0 Å². The highest BCUT2D eigenvalue weighted by Crippen LogP contribution is 2.30. The van der Waals surface area contributed by atoms with Gasteiger partial charge in [-0.1, -0.05) is 24.3 Å². The van der Waals surface area contributed by atoms with Gasteiger partial charge in [-0.25, -0.2) is 0 Å². The molecule has 1 aliphatic heterocycles. The molecule has 0 radical (unpaired) electrons. The average Bonchev–Trinajstić information content (AvgIpc) is 2.49. The van der Waals surface area contributed by atoms with E-state index in [0.29, 0.717) is 11.4 Å². The van der Waals surface area contributed by atoms with Gasteiger partial charge in [0.05, 0.1) is 12.1 Å². The molecule has 0 fully saturated rings. The van der Waals surface area contributed by atoms with Gasteiger partial charge >= 0.3 is 0 Å². The van der Waals surface area contributed by atoms with Gasteiger partial charge in [-0.3, -0.25) is 9.59 Å². The van der Waals surface area contributed by atoms with E-state index in [0.717, 1.165) is 11.3 Å². The van der Waals surface area contributed by atoms with Crippen LogP contribution < -0.4 is 15.4 Å². The molecule has 2 N–H and O–H groups in total. The molecule has 0 saturated heterocycles. The summed E-state index contributed by atoms with van der Waals surface area (Å²) in [5.74, 6) is 0.334. The Morgan fingerprint density at radius 2 is 2.00 bits per heavy atom. The van der Waals surface area contributed by atoms with E-state index in [1.807, 2.05) is 36.4 Å². The van der Waals surface area contributed by atoms with Crippen LogP contribution in [0.4, 0.5) is 11.4 Å². The first-order valence-electron chi connectivity index (χ1n) is 7.07. The number of hydrogen-bond donors (Lipinski definition) is 2. The summed E-state index contributed by atoms with van der Waals surface area (Å²) in [4.78, 5) is 23.7. The van der Waals surface area contributed by atoms with Crippen LogP contribution in [0.25, 0.3) is 0 Å². The second-order valence-corrected chi connectivity index (χ2v) is 5.17. The average molecular weight is 296 g/mol. The molecule has 1 aliphatic rings. The molecular weight excluding hydrogens is 280 g/mol. The van der Waals surface area contributed by atoms with E-state index in [1.165, 1.54) is 0 Å². The van der Waals surface area contributed by atoms with Gasteiger partial charge in [0.1, 0.15) is 5.75 Å². The Morgan fingerprint density at radius 3 is 2.77 bits per heavy atom. The molecule has 2 aromatic rings. The predicted octanol–water partition coefficient (Wildman–Crippen LogP) is 2.59. The predicted molar refractivity (Wildman–Crippen MR) is 83.9 cm³/mol. The van der Waals surface area contributed by atoms with Crippen molar-refractivity contribution < 1.29 is 14.3 Å². The third kappa shape index (κ3) is 3.09. The fourth-order valence-corrected chi connectivity index (χ4v) is 2.28. The van der Waals surface area contributed by atoms with E-state index in [2.05, 4.69) is 10.6 Å². The zero-order valence-electron chi connectivity index (χ0n) is 12.1. The molecule has 0 aromatic heterocycles. The van der Waals surface area contributed by atoms with Gasteiger partial charge in [0, 0.05) is 5.69 Å². The lowest BCUT2D eigenvalue weighted by Gasteiger charge is -2.23. The molecule has 3 rings (SSSR count). The lowest BCUT2D eigenvalue weighted by atomic mass is 10.1. The van der Waals surface area contributed by atoms with E-state index < -0.39 is 6.10 Å². The first-order valence-corrected chi connectivity index (χ1v) is 7.07. The van der Waals surface area contributed by atoms with Crippen LogP contribution in [0, 0.1) is 0 Å². The summed E-state index contributed by atoms with van der Waals surface area (Å²) in [6, 6.07) is 14.7. The molecule has 1 unspecified atom stereocenters. The summed E-state index contributed by atoms with van der Waals surface area (Å²) in [6.45, 7) is 1.69. The number of nitrogens with one attached hydrogen (secondary N) is 2. The van der Waals surface area contributed by atoms with Crippen molar-refractivity contribution in [2.45, 2.75) is 19.4 Å². The number of amides is 2. The van der Waals surface area contributed by atoms with E-state index in [9.17, 15) is 9.59 Å². The van der Waals surface area contributed by atoms with Gasteiger partial charge < -0.3 is 15.4 Å². The van der Waals surface area contributed by atoms with Crippen molar-refractivity contribution in [1.82, 2.24) is 0 Å². The molecule has 0 aliphatic carbocycles. The van der Waals surface area contributed by atoms with Gasteiger partial charge in [-0.15, -0.1) is 0 Å². The lowest BCUT2D eigenvalue weighted by molar-refractivity contribution is -0.122. The van der Waals surface area contributed by atoms with Gasteiger partial charge in [0.15, 0.2) is 6.10 Å². The number of hydrogen-bond acceptors (Lipinski definition) is 3. The standard InChI is InChI=1S/C17H16N2O3/c1-11-17(21)19-14-9-12(7-8-15(14)22-11)10-16(20)18-13-5-3-2-4-6-13/h2-9,11H,10H2,1H3,(H,18,20)(H,19,21). The van der Waals surface area contributed by atoms with Gasteiger partial charge in [-0.2, -0.15) is 0 Å². The molecule has 5 heteroatoms. The van der Waals surface area contributed by atoms with Crippen LogP contribution in [0.1, 0.15) is 12.5 Å². The van der Waals surface area contributed by atoms with E-state index in [4.69, 9.17) is 4.74 Å². The SMILES string of the molecule is CC1Oc2ccc(CC(=O)Nc3ccccc3)cc2NC1=O. The van der Waals surface area contributed by atoms with Crippen LogP contribution >= 0.6 is 0 Å². The minimum absolute atomic E-state index is 0.109. The smallest absolute Gasteiger partial charge is 0.265 e. The fraction of sp³-hybridized carbons (Fsp3) is 0.176. The topological polar surface area (TPSA) is 67.4 Å². The number of carbonyl (C=O) groups is 2. The van der Waals surface area contributed by atoms with Crippen molar-refractivity contribution >= 4 is 23.2 Å². The maximum atomic E-state index is 12.0. The lowest BCUT2D eigenvalue weighted by Crippen LogP contribution is -2.34. The number of benzene rings is 2. The van der Waals surface area contributed by atoms with Crippen molar-refractivity contribution in [2.75, 3.05) is 10.6 Å². The maximum Gasteiger partial charge on any atom is 0.265 e. The Balaban J connectivity index is 1.70. The van der Waals surface area contributed by atoms with Crippen LogP contribution in [-0.4, -0.2) is 17.9 Å². The molecule has 0 spiro atoms. The Hall–Kier alpha value is -2.82. The highest BCUT2D eigenvalue weighted by molar-refractivity contribution is 5.98. The van der Waals surface area contributed by atoms with Crippen LogP contribution in [0.5, 0.6) is 5.75 Å². The third-order valence-electron chi connectivity index (χ3n) is 3.40. The van der Waals surface area contributed by atoms with Crippen LogP contribution in [-0.2, 0) is 16.0 Å². The molecule has 112 valence electrons. The van der Waals surface area contributed by atoms with E-state index in [-0.39, 0.29) is 18.2 Å². The minimum Gasteiger partial charge on any atom is -0.479 e. The minimum atomic E-state index is -0.500. The zero-order valence-corrected chi connectivity index (χ0v) is 12.1. The van der Waals surface area contributed by atoms with Gasteiger partial charge in [0.2, 0.25) is 5.91 Å². The second kappa shape index (κ2) is 5.89. The van der Waals surface area contributed by atoms with E-state index >= 15 is 0 Å². The number of anilines is 2. The number of para-hydroxylation sites is 1. The van der Waals surface area contributed by atoms with Gasteiger partial charge in [-0.05, 0) is 36.8 Å². The first kappa shape index (κ1) is 14.1. The second-order valence-electron chi connectivity index (χ2n) is 5.17. The Bertz CT molecular complexity index is 713. The summed E-state index contributed by atoms with van der Waals surface area (Å²) in [6.07, 6.45) is -0.270. The summed E-state index contributed by atoms with van der Waals surface area (Å²) >= 11 is 0. The third-order valence-corrected chi connectivity index (χ3v) is 3.40. The summed E-state index contributed by atoms with van der Waals surface area (Å²) in [5, 5.41) is 5.61. The normalized spacial score (nSPS) is 16.2. The maximum absolute atomic E-state index is 12.0. The zero-order chi connectivity index (χ0) is 15.5. The number of fused-ring (bicyclic) bond motifs is 1. The molecule has 2 amide bonds. The molecule has 22 heavy (non-hydrogen) atoms. The molecule has 0 bridgehead atoms. The number of carbonyl (C=O) groups excluding carboxylic acids is 2. The summed E-state index contributed by atoms with van der Waals surface area (Å²) < 4.78 is 5.49. The van der Waals surface area contributed by atoms with Crippen LogP contribution in [0.2, 0.25) is 0 Å². The molecule has 1 atom stereocenters. The molecule has 5 nitrogen and oxygen atoms in total. The first-order chi connectivity index (χ1) is 10.6. The quantitative estimate of drug-likeness (QED) is 0.915. The molecule has 2 aromatic carbocycles. The summed E-state index contributed by atoms with van der Waals surface area (Å²) in [7, 11) is 0. The largest absolute Gasteiger partial charge is 0.479 e. The molecular formula is C17H16N2O3. The fourth-order valence-electron chi connectivity index (χ4n) is 2.28. The summed E-state index contributed by atoms with van der Waals surface area (Å²) in [5.41, 5.74) is 2.18. The molecule has 1 heterocycles. The molecule has 0 saturated carbocycles. The Kier molecular flexibility index (Phi) is 3.78. The number of rotatable bonds is 3. The number of ether oxygens (including phenoxy) is 1. The van der Waals surface area contributed by atoms with Crippen molar-refractivity contribution in [3.8, 4) is 5.75 Å². The van der Waals surface area contributed by atoms with Crippen molar-refractivity contribution in [3.05, 3.63) is 54.1 Å². The Morgan fingerprint density at radius 1 is 1.23 bits per heavy atom. The van der Waals surface area contributed by atoms with Crippen molar-refractivity contribution in [1.29, 1.82) is 0 Å². The monoisotopic (exact) mass is 296 g/mol. The van der Waals surface area contributed by atoms with Gasteiger partial charge in [0.25, 0.3) is 5.91 Å². The Labute approximate surface area is 128 Å². The highest BCUT2D eigenvalue weighted by Gasteiger charge is 2.23. The van der Waals surface area contributed by atoms with Crippen LogP contribution in [0.15, 0.2) is 48.5 Å². The van der Waals surface area contributed by atoms with E-state index in [1.54, 1.807) is 19.1 Å².